The predicted octanol–water partition coefficient (Wildman–Crippen LogP) is 21.9. The van der Waals surface area contributed by atoms with E-state index in [1.165, 1.54) is 60.5 Å². The molecule has 0 fully saturated rings. The first-order valence-electron chi connectivity index (χ1n) is 27.6. The third kappa shape index (κ3) is 5.91. The van der Waals surface area contributed by atoms with E-state index in [1.54, 1.807) is 11.3 Å². The van der Waals surface area contributed by atoms with Crippen LogP contribution < -0.4 is 0 Å². The van der Waals surface area contributed by atoms with Crippen molar-refractivity contribution >= 4 is 191 Å². The molecule has 0 atom stereocenters. The van der Waals surface area contributed by atoms with Crippen molar-refractivity contribution in [2.24, 2.45) is 0 Å². The molecule has 0 unspecified atom stereocenters. The van der Waals surface area contributed by atoms with E-state index in [0.717, 1.165) is 91.2 Å². The Hall–Kier alpha value is -10.1. The summed E-state index contributed by atoms with van der Waals surface area (Å²) in [5.74, 6) is 0. The Labute approximate surface area is 488 Å². The summed E-state index contributed by atoms with van der Waals surface area (Å²) in [7, 11) is 0. The maximum atomic E-state index is 13.0. The largest absolute Gasteiger partial charge is 0.307 e. The van der Waals surface area contributed by atoms with Gasteiger partial charge < -0.3 is 13.7 Å². The molecule has 9 heteroatoms. The van der Waals surface area contributed by atoms with Gasteiger partial charge in [0.25, 0.3) is 0 Å². The average Bonchev–Trinajstić information content (AvgIpc) is 4.28. The van der Waals surface area contributed by atoms with Crippen molar-refractivity contribution in [3.63, 3.8) is 0 Å². The third-order valence-electron chi connectivity index (χ3n) is 17.5. The highest BCUT2D eigenvalue weighted by Gasteiger charge is 2.35. The zero-order valence-electron chi connectivity index (χ0n) is 43.7. The van der Waals surface area contributed by atoms with Crippen molar-refractivity contribution in [1.82, 2.24) is 13.7 Å². The zero-order chi connectivity index (χ0) is 54.3. The number of rotatable bonds is 4. The Morgan fingerprint density at radius 1 is 0.253 bits per heavy atom. The molecule has 0 aliphatic carbocycles. The summed E-state index contributed by atoms with van der Waals surface area (Å²) in [4.78, 5) is 0. The summed E-state index contributed by atoms with van der Waals surface area (Å²) in [6, 6.07) is 86.8. The SMILES string of the molecule is N#Cc1c(-c2cccc3c2sc2ccccc23)c(-n2c3ccccc3c3c4sc5ccccc5c4ccc32)c(C#N)c(-n2c3ccccc3c3c4sc5ccccc5c4ccc32)c1-n1c2ccccc2c2c3sc4ccccc4c3ccc21. The number of hydrogen-bond donors (Lipinski definition) is 0. The van der Waals surface area contributed by atoms with Gasteiger partial charge in [-0.25, -0.2) is 0 Å². The van der Waals surface area contributed by atoms with Crippen molar-refractivity contribution in [1.29, 1.82) is 10.5 Å². The lowest BCUT2D eigenvalue weighted by molar-refractivity contribution is 1.06. The Kier molecular flexibility index (Phi) is 9.20. The van der Waals surface area contributed by atoms with E-state index in [-0.39, 0.29) is 0 Å². The fourth-order valence-corrected chi connectivity index (χ4v) is 19.2. The van der Waals surface area contributed by atoms with Gasteiger partial charge in [-0.05, 0) is 60.7 Å². The monoisotopic (exact) mass is 1120 g/mol. The minimum Gasteiger partial charge on any atom is -0.307 e. The molecule has 0 bridgehead atoms. The number of hydrogen-bond acceptors (Lipinski definition) is 6. The number of nitrogens with zero attached hydrogens (tertiary/aromatic N) is 5. The highest BCUT2D eigenvalue weighted by Crippen LogP contribution is 2.54. The smallest absolute Gasteiger partial charge is 0.104 e. The molecule has 83 heavy (non-hydrogen) atoms. The molecule has 7 aromatic heterocycles. The first-order valence-corrected chi connectivity index (χ1v) is 30.9. The van der Waals surface area contributed by atoms with Crippen molar-refractivity contribution in [3.05, 3.63) is 236 Å². The van der Waals surface area contributed by atoms with Crippen LogP contribution in [0.3, 0.4) is 0 Å². The fourth-order valence-electron chi connectivity index (χ4n) is 14.2. The maximum Gasteiger partial charge on any atom is 0.104 e. The number of fused-ring (bicyclic) bond motifs is 24. The van der Waals surface area contributed by atoms with Gasteiger partial charge in [0.2, 0.25) is 0 Å². The molecule has 12 aromatic carbocycles. The summed E-state index contributed by atoms with van der Waals surface area (Å²) in [5.41, 5.74) is 10.2. The first-order chi connectivity index (χ1) is 41.1. The van der Waals surface area contributed by atoms with E-state index in [2.05, 4.69) is 250 Å². The predicted molar refractivity (Wildman–Crippen MR) is 356 cm³/mol. The summed E-state index contributed by atoms with van der Waals surface area (Å²) < 4.78 is 16.5. The molecule has 0 aliphatic heterocycles. The van der Waals surface area contributed by atoms with Crippen LogP contribution in [-0.4, -0.2) is 13.7 Å². The molecule has 382 valence electrons. The van der Waals surface area contributed by atoms with Gasteiger partial charge >= 0.3 is 0 Å². The second-order valence-electron chi connectivity index (χ2n) is 21.5. The van der Waals surface area contributed by atoms with Crippen LogP contribution in [0, 0.1) is 22.7 Å². The lowest BCUT2D eigenvalue weighted by atomic mass is 9.90. The van der Waals surface area contributed by atoms with Crippen molar-refractivity contribution in [2.75, 3.05) is 0 Å². The number of nitriles is 2. The van der Waals surface area contributed by atoms with Crippen LogP contribution in [0.2, 0.25) is 0 Å². The molecule has 19 rings (SSSR count). The molecular weight excluding hydrogens is 1090 g/mol. The van der Waals surface area contributed by atoms with Crippen LogP contribution in [0.5, 0.6) is 0 Å². The molecule has 0 saturated carbocycles. The van der Waals surface area contributed by atoms with Crippen molar-refractivity contribution in [3.8, 4) is 40.3 Å². The third-order valence-corrected chi connectivity index (χ3v) is 22.4. The standard InChI is InChI=1S/C74H37N5S4/c75-38-52-64(51-24-15-23-44-40-16-4-11-28-60(40)80-71(44)51)68(77-54-25-8-1-20-48(54)65-57(77)35-32-45-41-17-5-12-29-61(41)81-72(45)65)53(39-76)70(79-56-27-10-3-22-50(56)67-59(79)37-34-47-43-19-7-14-31-63(43)83-74(47)67)69(52)78-55-26-9-2-21-49(55)66-58(78)36-33-46-42-18-6-13-30-62(42)82-73(46)66/h1-37H. The highest BCUT2D eigenvalue weighted by molar-refractivity contribution is 7.28. The Balaban J connectivity index is 1.09. The quantitative estimate of drug-likeness (QED) is 0.176. The van der Waals surface area contributed by atoms with Gasteiger partial charge in [-0.2, -0.15) is 10.5 Å². The number of thiophene rings is 4. The van der Waals surface area contributed by atoms with Gasteiger partial charge in [0, 0.05) is 124 Å². The summed E-state index contributed by atoms with van der Waals surface area (Å²) in [5, 5.41) is 42.0. The molecule has 19 aromatic rings. The van der Waals surface area contributed by atoms with E-state index < -0.39 is 0 Å². The molecule has 5 nitrogen and oxygen atoms in total. The van der Waals surface area contributed by atoms with Crippen LogP contribution in [0.15, 0.2) is 224 Å². The second-order valence-corrected chi connectivity index (χ2v) is 25.7. The molecule has 0 aliphatic rings. The lowest BCUT2D eigenvalue weighted by Gasteiger charge is -2.26. The number of aromatic nitrogens is 3. The normalized spacial score (nSPS) is 12.3. The molecule has 0 saturated heterocycles. The topological polar surface area (TPSA) is 62.4 Å². The van der Waals surface area contributed by atoms with E-state index >= 15 is 0 Å². The van der Waals surface area contributed by atoms with Crippen LogP contribution in [0.1, 0.15) is 11.1 Å². The fraction of sp³-hybridized carbons (Fsp3) is 0. The van der Waals surface area contributed by atoms with Crippen LogP contribution in [0.4, 0.5) is 0 Å². The second kappa shape index (κ2) is 16.7. The zero-order valence-corrected chi connectivity index (χ0v) is 47.0. The van der Waals surface area contributed by atoms with Gasteiger partial charge in [0.1, 0.15) is 17.7 Å². The van der Waals surface area contributed by atoms with E-state index in [1.807, 2.05) is 34.0 Å². The van der Waals surface area contributed by atoms with E-state index in [0.29, 0.717) is 33.8 Å². The molecule has 0 radical (unpaired) electrons. The highest BCUT2D eigenvalue weighted by atomic mass is 32.1. The van der Waals surface area contributed by atoms with Crippen molar-refractivity contribution in [2.45, 2.75) is 0 Å². The molecule has 0 amide bonds. The van der Waals surface area contributed by atoms with Crippen LogP contribution in [0.25, 0.3) is 174 Å². The van der Waals surface area contributed by atoms with Gasteiger partial charge in [0.15, 0.2) is 0 Å². The Morgan fingerprint density at radius 3 is 0.964 bits per heavy atom. The van der Waals surface area contributed by atoms with Crippen LogP contribution >= 0.6 is 45.3 Å². The summed E-state index contributed by atoms with van der Waals surface area (Å²) >= 11 is 7.18. The van der Waals surface area contributed by atoms with Gasteiger partial charge in [0.05, 0.1) is 55.7 Å². The maximum absolute atomic E-state index is 13.0. The Morgan fingerprint density at radius 2 is 0.566 bits per heavy atom. The molecular formula is C74H37N5S4. The first kappa shape index (κ1) is 45.6. The summed E-state index contributed by atoms with van der Waals surface area (Å²) in [6.07, 6.45) is 0. The summed E-state index contributed by atoms with van der Waals surface area (Å²) in [6.45, 7) is 0. The average molecular weight is 1120 g/mol. The van der Waals surface area contributed by atoms with E-state index in [9.17, 15) is 10.5 Å². The van der Waals surface area contributed by atoms with E-state index in [4.69, 9.17) is 0 Å². The van der Waals surface area contributed by atoms with Gasteiger partial charge in [-0.3, -0.25) is 0 Å². The minimum atomic E-state index is 0.458. The molecule has 0 spiro atoms. The molecule has 7 heterocycles. The van der Waals surface area contributed by atoms with Crippen LogP contribution in [-0.2, 0) is 0 Å². The Bertz CT molecular complexity index is 6230. The number of benzene rings is 12. The lowest BCUT2D eigenvalue weighted by Crippen LogP contribution is -2.14. The molecule has 0 N–H and O–H groups in total. The van der Waals surface area contributed by atoms with Gasteiger partial charge in [-0.15, -0.1) is 45.3 Å². The van der Waals surface area contributed by atoms with Crippen molar-refractivity contribution < 1.29 is 0 Å². The van der Waals surface area contributed by atoms with Gasteiger partial charge in [-0.1, -0.05) is 164 Å². The number of para-hydroxylation sites is 3. The minimum absolute atomic E-state index is 0.458.